The third kappa shape index (κ3) is 5.26. The molecule has 32 heavy (non-hydrogen) atoms. The Balaban J connectivity index is 0.000000913. The third-order valence-corrected chi connectivity index (χ3v) is 5.37. The number of rotatable bonds is 5. The summed E-state index contributed by atoms with van der Waals surface area (Å²) in [6, 6.07) is 1.88. The molecule has 3 aromatic rings. The first-order valence-corrected chi connectivity index (χ1v) is 10.3. The first-order chi connectivity index (χ1) is 15.4. The summed E-state index contributed by atoms with van der Waals surface area (Å²) in [4.78, 5) is 49.3. The van der Waals surface area contributed by atoms with E-state index in [1.807, 2.05) is 35.6 Å². The van der Waals surface area contributed by atoms with Gasteiger partial charge in [-0.3, -0.25) is 24.4 Å². The first kappa shape index (κ1) is 22.9. The van der Waals surface area contributed by atoms with E-state index in [2.05, 4.69) is 15.0 Å². The summed E-state index contributed by atoms with van der Waals surface area (Å²) in [6.07, 6.45) is 12.3. The fourth-order valence-corrected chi connectivity index (χ4v) is 3.80. The van der Waals surface area contributed by atoms with E-state index in [1.165, 1.54) is 4.57 Å². The van der Waals surface area contributed by atoms with Gasteiger partial charge in [0.25, 0.3) is 17.9 Å². The fourth-order valence-electron chi connectivity index (χ4n) is 3.80. The Morgan fingerprint density at radius 1 is 1.25 bits per heavy atom. The standard InChI is InChI=1S/C21H24N6O2.CH2O2/c1-15-5-8-26(12-17-11-23-16(2)10-24-17)20(28)19(15)21(29)27-7-3-4-18(27)13-25-9-6-22-14-25;2-1-3/h5-6,8-11,14,18H,3-4,7,12-13H2,1-2H3;1H,(H,2,3). The lowest BCUT2D eigenvalue weighted by Crippen LogP contribution is -2.41. The topological polar surface area (TPSA) is 123 Å². The van der Waals surface area contributed by atoms with Crippen LogP contribution in [0.1, 0.15) is 40.2 Å². The van der Waals surface area contributed by atoms with Gasteiger partial charge in [0.15, 0.2) is 0 Å². The molecular formula is C22H26N6O4. The van der Waals surface area contributed by atoms with Gasteiger partial charge in [0.1, 0.15) is 5.56 Å². The third-order valence-electron chi connectivity index (χ3n) is 5.37. The molecule has 1 aliphatic rings. The summed E-state index contributed by atoms with van der Waals surface area (Å²) in [6.45, 7) is 5.05. The number of carboxylic acid groups (broad SMARTS) is 1. The van der Waals surface area contributed by atoms with E-state index in [9.17, 15) is 9.59 Å². The van der Waals surface area contributed by atoms with Gasteiger partial charge >= 0.3 is 0 Å². The van der Waals surface area contributed by atoms with Crippen molar-refractivity contribution in [2.45, 2.75) is 45.8 Å². The van der Waals surface area contributed by atoms with Crippen molar-refractivity contribution in [1.29, 1.82) is 0 Å². The Labute approximate surface area is 185 Å². The number of pyridine rings is 1. The number of nitrogens with zero attached hydrogens (tertiary/aromatic N) is 6. The largest absolute Gasteiger partial charge is 0.483 e. The Morgan fingerprint density at radius 2 is 2.03 bits per heavy atom. The number of carbonyl (C=O) groups is 2. The average Bonchev–Trinajstić information content (AvgIpc) is 3.45. The molecule has 1 saturated heterocycles. The minimum Gasteiger partial charge on any atom is -0.483 e. The molecule has 0 saturated carbocycles. The number of hydrogen-bond donors (Lipinski definition) is 1. The lowest BCUT2D eigenvalue weighted by molar-refractivity contribution is -0.122. The van der Waals surface area contributed by atoms with E-state index in [1.54, 1.807) is 31.1 Å². The van der Waals surface area contributed by atoms with Crippen molar-refractivity contribution in [3.63, 3.8) is 0 Å². The summed E-state index contributed by atoms with van der Waals surface area (Å²) in [5, 5.41) is 6.89. The number of imidazole rings is 1. The van der Waals surface area contributed by atoms with E-state index in [0.717, 1.165) is 18.5 Å². The number of hydrogen-bond acceptors (Lipinski definition) is 6. The van der Waals surface area contributed by atoms with Gasteiger partial charge in [-0.25, -0.2) is 4.98 Å². The molecule has 0 bridgehead atoms. The minimum absolute atomic E-state index is 0.0621. The molecule has 1 aliphatic heterocycles. The monoisotopic (exact) mass is 438 g/mol. The number of amides is 1. The molecular weight excluding hydrogens is 412 g/mol. The van der Waals surface area contributed by atoms with Crippen molar-refractivity contribution in [3.05, 3.63) is 76.2 Å². The van der Waals surface area contributed by atoms with E-state index in [0.29, 0.717) is 24.3 Å². The highest BCUT2D eigenvalue weighted by Gasteiger charge is 2.32. The van der Waals surface area contributed by atoms with Crippen molar-refractivity contribution in [2.75, 3.05) is 6.54 Å². The van der Waals surface area contributed by atoms with Gasteiger partial charge in [0, 0.05) is 37.9 Å². The molecule has 0 aromatic carbocycles. The van der Waals surface area contributed by atoms with Crippen LogP contribution in [0.4, 0.5) is 0 Å². The van der Waals surface area contributed by atoms with Crippen LogP contribution >= 0.6 is 0 Å². The zero-order valence-corrected chi connectivity index (χ0v) is 18.1. The van der Waals surface area contributed by atoms with Gasteiger partial charge in [-0.1, -0.05) is 0 Å². The van der Waals surface area contributed by atoms with Crippen LogP contribution < -0.4 is 5.56 Å². The average molecular weight is 438 g/mol. The second-order valence-corrected chi connectivity index (χ2v) is 7.62. The van der Waals surface area contributed by atoms with Crippen LogP contribution in [0.5, 0.6) is 0 Å². The lowest BCUT2D eigenvalue weighted by Gasteiger charge is -2.25. The minimum atomic E-state index is -0.286. The van der Waals surface area contributed by atoms with Gasteiger partial charge < -0.3 is 19.1 Å². The highest BCUT2D eigenvalue weighted by molar-refractivity contribution is 5.95. The maximum Gasteiger partial charge on any atom is 0.290 e. The zero-order chi connectivity index (χ0) is 23.1. The van der Waals surface area contributed by atoms with Crippen LogP contribution in [0.3, 0.4) is 0 Å². The molecule has 3 aromatic heterocycles. The van der Waals surface area contributed by atoms with E-state index >= 15 is 0 Å². The van der Waals surface area contributed by atoms with Crippen LogP contribution in [0.25, 0.3) is 0 Å². The van der Waals surface area contributed by atoms with Crippen molar-refractivity contribution in [3.8, 4) is 0 Å². The van der Waals surface area contributed by atoms with Crippen molar-refractivity contribution in [2.24, 2.45) is 0 Å². The quantitative estimate of drug-likeness (QED) is 0.599. The van der Waals surface area contributed by atoms with E-state index in [4.69, 9.17) is 9.90 Å². The highest BCUT2D eigenvalue weighted by Crippen LogP contribution is 2.21. The fraction of sp³-hybridized carbons (Fsp3) is 0.364. The lowest BCUT2D eigenvalue weighted by atomic mass is 10.1. The van der Waals surface area contributed by atoms with E-state index in [-0.39, 0.29) is 36.1 Å². The van der Waals surface area contributed by atoms with E-state index < -0.39 is 0 Å². The summed E-state index contributed by atoms with van der Waals surface area (Å²) < 4.78 is 3.50. The molecule has 0 aliphatic carbocycles. The summed E-state index contributed by atoms with van der Waals surface area (Å²) in [5.41, 5.74) is 2.15. The van der Waals surface area contributed by atoms with Crippen LogP contribution in [0, 0.1) is 13.8 Å². The SMILES string of the molecule is Cc1cnc(Cn2ccc(C)c(C(=O)N3CCCC3Cn3ccnc3)c2=O)cn1.O=CO. The van der Waals surface area contributed by atoms with Gasteiger partial charge in [0.05, 0.1) is 36.5 Å². The molecule has 4 rings (SSSR count). The molecule has 1 atom stereocenters. The predicted octanol–water partition coefficient (Wildman–Crippen LogP) is 1.51. The van der Waals surface area contributed by atoms with Crippen LogP contribution in [-0.4, -0.2) is 59.1 Å². The van der Waals surface area contributed by atoms with Crippen molar-refractivity contribution in [1.82, 2.24) is 29.0 Å². The molecule has 1 unspecified atom stereocenters. The number of likely N-dealkylation sites (tertiary alicyclic amines) is 1. The molecule has 4 heterocycles. The van der Waals surface area contributed by atoms with Gasteiger partial charge in [-0.05, 0) is 38.3 Å². The summed E-state index contributed by atoms with van der Waals surface area (Å²) in [7, 11) is 0. The number of aromatic nitrogens is 5. The van der Waals surface area contributed by atoms with Crippen LogP contribution in [0.15, 0.2) is 48.2 Å². The van der Waals surface area contributed by atoms with Crippen LogP contribution in [0.2, 0.25) is 0 Å². The van der Waals surface area contributed by atoms with Gasteiger partial charge in [-0.15, -0.1) is 0 Å². The van der Waals surface area contributed by atoms with Gasteiger partial charge in [-0.2, -0.15) is 0 Å². The Bertz CT molecular complexity index is 1110. The second-order valence-electron chi connectivity index (χ2n) is 7.62. The number of aryl methyl sites for hydroxylation is 2. The second kappa shape index (κ2) is 10.5. The Hall–Kier alpha value is -3.82. The first-order valence-electron chi connectivity index (χ1n) is 10.3. The molecule has 168 valence electrons. The maximum atomic E-state index is 13.3. The molecule has 0 spiro atoms. The molecule has 0 radical (unpaired) electrons. The van der Waals surface area contributed by atoms with Gasteiger partial charge in [0.2, 0.25) is 0 Å². The zero-order valence-electron chi connectivity index (χ0n) is 18.1. The molecule has 10 heteroatoms. The summed E-state index contributed by atoms with van der Waals surface area (Å²) in [5.74, 6) is -0.195. The molecule has 1 N–H and O–H groups in total. The highest BCUT2D eigenvalue weighted by atomic mass is 16.3. The molecule has 1 fully saturated rings. The number of carbonyl (C=O) groups excluding carboxylic acids is 1. The Kier molecular flexibility index (Phi) is 7.48. The molecule has 10 nitrogen and oxygen atoms in total. The molecule has 1 amide bonds. The van der Waals surface area contributed by atoms with Crippen molar-refractivity contribution >= 4 is 12.4 Å². The maximum absolute atomic E-state index is 13.3. The van der Waals surface area contributed by atoms with Crippen LogP contribution in [-0.2, 0) is 17.9 Å². The normalized spacial score (nSPS) is 15.2. The summed E-state index contributed by atoms with van der Waals surface area (Å²) >= 11 is 0. The predicted molar refractivity (Wildman–Crippen MR) is 116 cm³/mol. The van der Waals surface area contributed by atoms with Crippen molar-refractivity contribution < 1.29 is 14.7 Å². The smallest absolute Gasteiger partial charge is 0.290 e. The Morgan fingerprint density at radius 3 is 2.69 bits per heavy atom.